The third-order valence-electron chi connectivity index (χ3n) is 4.24. The van der Waals surface area contributed by atoms with Crippen LogP contribution in [0.4, 0.5) is 39.5 Å². The van der Waals surface area contributed by atoms with Crippen molar-refractivity contribution in [1.82, 2.24) is 0 Å². The molecule has 0 aromatic heterocycles. The second kappa shape index (κ2) is 8.17. The standard InChI is InChI=1S/C18H23F9IO3S/c1-13(2,3)28(14(4,5)6,12-10-8-7-9-11-12)31-32(29,30)18(26,27)16(21,22)15(19,20)17(23,24)25/h7-11H,1-6H3/q+1. The average Bonchev–Trinajstić information content (AvgIpc) is 2.56. The summed E-state index contributed by atoms with van der Waals surface area (Å²) in [4.78, 5) is 0. The van der Waals surface area contributed by atoms with E-state index in [0.29, 0.717) is 0 Å². The Kier molecular flexibility index (Phi) is 7.47. The number of halogens is 10. The number of hydrogen-bond donors (Lipinski definition) is 0. The molecule has 14 heteroatoms. The Morgan fingerprint density at radius 3 is 1.38 bits per heavy atom. The third kappa shape index (κ3) is 4.34. The van der Waals surface area contributed by atoms with Gasteiger partial charge in [-0.15, -0.1) is 0 Å². The molecule has 1 aromatic rings. The van der Waals surface area contributed by atoms with Gasteiger partial charge in [0, 0.05) is 0 Å². The van der Waals surface area contributed by atoms with Gasteiger partial charge in [-0.25, -0.2) is 0 Å². The van der Waals surface area contributed by atoms with E-state index in [-0.39, 0.29) is 3.57 Å². The van der Waals surface area contributed by atoms with Crippen molar-refractivity contribution in [2.24, 2.45) is 0 Å². The summed E-state index contributed by atoms with van der Waals surface area (Å²) in [5, 5.41) is -6.90. The second-order valence-electron chi connectivity index (χ2n) is 8.62. The van der Waals surface area contributed by atoms with E-state index < -0.39 is 59.1 Å². The fourth-order valence-corrected chi connectivity index (χ4v) is 20.9. The van der Waals surface area contributed by atoms with Gasteiger partial charge in [-0.3, -0.25) is 0 Å². The molecule has 0 unspecified atom stereocenters. The van der Waals surface area contributed by atoms with Crippen molar-refractivity contribution in [1.29, 1.82) is 0 Å². The van der Waals surface area contributed by atoms with Gasteiger partial charge in [0.15, 0.2) is 0 Å². The van der Waals surface area contributed by atoms with Gasteiger partial charge in [0.1, 0.15) is 0 Å². The van der Waals surface area contributed by atoms with Crippen LogP contribution in [-0.4, -0.2) is 38.5 Å². The molecule has 0 aliphatic rings. The molecule has 0 amide bonds. The Hall–Kier alpha value is -0.770. The molecule has 0 spiro atoms. The maximum atomic E-state index is 14.4. The molecular formula is C18H23F9IO3S+. The van der Waals surface area contributed by atoms with Gasteiger partial charge in [0.05, 0.1) is 0 Å². The number of hydrogen-bond acceptors (Lipinski definition) is 3. The molecule has 0 atom stereocenters. The Bertz CT molecular complexity index is 902. The molecule has 0 saturated heterocycles. The third-order valence-corrected chi connectivity index (χ3v) is 20.1. The van der Waals surface area contributed by atoms with Gasteiger partial charge in [-0.05, 0) is 0 Å². The fourth-order valence-electron chi connectivity index (χ4n) is 3.00. The zero-order valence-corrected chi connectivity index (χ0v) is 20.8. The van der Waals surface area contributed by atoms with Crippen LogP contribution in [-0.2, 0) is 12.6 Å². The first-order valence-corrected chi connectivity index (χ1v) is 14.3. The Labute approximate surface area is 184 Å². The van der Waals surface area contributed by atoms with E-state index in [4.69, 9.17) is 2.51 Å². The summed E-state index contributed by atoms with van der Waals surface area (Å²) in [5.74, 6) is -14.7. The number of benzene rings is 1. The average molecular weight is 617 g/mol. The Morgan fingerprint density at radius 1 is 0.688 bits per heavy atom. The number of rotatable bonds is 6. The van der Waals surface area contributed by atoms with Crippen molar-refractivity contribution >= 4 is 10.1 Å². The van der Waals surface area contributed by atoms with E-state index >= 15 is 0 Å². The fraction of sp³-hybridized carbons (Fsp3) is 0.667. The molecule has 0 heterocycles. The van der Waals surface area contributed by atoms with Crippen LogP contribution in [0.5, 0.6) is 0 Å². The maximum absolute atomic E-state index is 14.4. The molecule has 32 heavy (non-hydrogen) atoms. The molecule has 0 bridgehead atoms. The quantitative estimate of drug-likeness (QED) is 0.280. The zero-order valence-electron chi connectivity index (χ0n) is 17.8. The van der Waals surface area contributed by atoms with E-state index in [2.05, 4.69) is 0 Å². The first-order valence-electron chi connectivity index (χ1n) is 8.79. The molecule has 0 aliphatic carbocycles. The molecule has 1 aromatic carbocycles. The van der Waals surface area contributed by atoms with Crippen molar-refractivity contribution in [2.45, 2.75) is 71.7 Å². The van der Waals surface area contributed by atoms with Crippen LogP contribution >= 0.6 is 0 Å². The van der Waals surface area contributed by atoms with Gasteiger partial charge in [-0.2, -0.15) is 0 Å². The van der Waals surface area contributed by atoms with Gasteiger partial charge in [0.25, 0.3) is 0 Å². The molecule has 0 radical (unpaired) electrons. The normalized spacial score (nSPS) is 16.2. The van der Waals surface area contributed by atoms with Crippen molar-refractivity contribution in [3.05, 3.63) is 33.9 Å². The van der Waals surface area contributed by atoms with Crippen LogP contribution in [0.1, 0.15) is 41.5 Å². The summed E-state index contributed by atoms with van der Waals surface area (Å²) >= 11 is -5.03. The summed E-state index contributed by atoms with van der Waals surface area (Å²) in [5.41, 5.74) is 0. The SMILES string of the molecule is CC(C)(C)[I+](OS(=O)(=O)C(F)(F)C(F)(F)C(F)(F)C(F)(F)F)(c1ccccc1)C(C)(C)C. The molecular weight excluding hydrogens is 594 g/mol. The molecule has 188 valence electrons. The van der Waals surface area contributed by atoms with E-state index in [1.165, 1.54) is 71.9 Å². The van der Waals surface area contributed by atoms with E-state index in [1.807, 2.05) is 0 Å². The Balaban J connectivity index is 3.88. The summed E-state index contributed by atoms with van der Waals surface area (Å²) in [6, 6.07) is 6.89. The van der Waals surface area contributed by atoms with Crippen LogP contribution in [0, 0.1) is 3.57 Å². The van der Waals surface area contributed by atoms with Crippen molar-refractivity contribution in [3.63, 3.8) is 0 Å². The van der Waals surface area contributed by atoms with Crippen LogP contribution in [0.15, 0.2) is 30.3 Å². The summed E-state index contributed by atoms with van der Waals surface area (Å²) in [6.45, 7) is 8.32. The topological polar surface area (TPSA) is 43.4 Å². The first kappa shape index (κ1) is 29.3. The minimum absolute atomic E-state index is 0.0738. The van der Waals surface area contributed by atoms with Gasteiger partial charge < -0.3 is 0 Å². The predicted octanol–water partition coefficient (Wildman–Crippen LogP) is 3.30. The van der Waals surface area contributed by atoms with E-state index in [9.17, 15) is 47.9 Å². The van der Waals surface area contributed by atoms with Gasteiger partial charge in [-0.1, -0.05) is 0 Å². The van der Waals surface area contributed by atoms with Gasteiger partial charge in [0.2, 0.25) is 0 Å². The molecule has 0 N–H and O–H groups in total. The molecule has 0 saturated carbocycles. The summed E-state index contributed by atoms with van der Waals surface area (Å²) < 4.78 is 148. The monoisotopic (exact) mass is 617 g/mol. The molecule has 3 nitrogen and oxygen atoms in total. The van der Waals surface area contributed by atoms with Crippen molar-refractivity contribution in [2.75, 3.05) is 0 Å². The second-order valence-corrected chi connectivity index (χ2v) is 21.9. The van der Waals surface area contributed by atoms with Crippen LogP contribution < -0.4 is 18.8 Å². The molecule has 0 aliphatic heterocycles. The minimum atomic E-state index is -7.36. The summed E-state index contributed by atoms with van der Waals surface area (Å²) in [6.07, 6.45) is -7.15. The van der Waals surface area contributed by atoms with Crippen LogP contribution in [0.3, 0.4) is 0 Å². The van der Waals surface area contributed by atoms with Gasteiger partial charge >= 0.3 is 185 Å². The summed E-state index contributed by atoms with van der Waals surface area (Å²) in [7, 11) is -7.02. The van der Waals surface area contributed by atoms with E-state index in [0.717, 1.165) is 0 Å². The van der Waals surface area contributed by atoms with Crippen LogP contribution in [0.2, 0.25) is 0 Å². The predicted molar refractivity (Wildman–Crippen MR) is 95.5 cm³/mol. The molecule has 0 fully saturated rings. The van der Waals surface area contributed by atoms with Crippen LogP contribution in [0.25, 0.3) is 0 Å². The van der Waals surface area contributed by atoms with Crippen molar-refractivity contribution in [3.8, 4) is 0 Å². The van der Waals surface area contributed by atoms with E-state index in [1.54, 1.807) is 0 Å². The van der Waals surface area contributed by atoms with Crippen molar-refractivity contribution < 1.29 is 69.3 Å². The zero-order chi connectivity index (χ0) is 25.8. The first-order chi connectivity index (χ1) is 13.8. The Morgan fingerprint density at radius 2 is 1.06 bits per heavy atom. The molecule has 1 rings (SSSR count). The number of alkyl halides is 11.